The Kier molecular flexibility index (Phi) is 6.23. The second kappa shape index (κ2) is 8.86. The van der Waals surface area contributed by atoms with Crippen LogP contribution < -0.4 is 5.32 Å². The van der Waals surface area contributed by atoms with Gasteiger partial charge in [-0.15, -0.1) is 0 Å². The Balaban J connectivity index is 1.47. The highest BCUT2D eigenvalue weighted by Crippen LogP contribution is 2.32. The molecule has 1 aromatic carbocycles. The summed E-state index contributed by atoms with van der Waals surface area (Å²) >= 11 is 0. The molecule has 0 bridgehead atoms. The van der Waals surface area contributed by atoms with Crippen molar-refractivity contribution in [2.24, 2.45) is 5.41 Å². The molecular weight excluding hydrogens is 368 g/mol. The van der Waals surface area contributed by atoms with Gasteiger partial charge in [0.05, 0.1) is 13.2 Å². The van der Waals surface area contributed by atoms with Crippen molar-refractivity contribution in [3.63, 3.8) is 0 Å². The third-order valence-corrected chi connectivity index (χ3v) is 6.46. The zero-order valence-electron chi connectivity index (χ0n) is 17.6. The van der Waals surface area contributed by atoms with Crippen molar-refractivity contribution in [3.8, 4) is 0 Å². The van der Waals surface area contributed by atoms with Gasteiger partial charge in [0.15, 0.2) is 5.76 Å². The monoisotopic (exact) mass is 400 g/mol. The van der Waals surface area contributed by atoms with Crippen molar-refractivity contribution in [2.75, 3.05) is 52.6 Å². The van der Waals surface area contributed by atoms with E-state index in [0.717, 1.165) is 81.9 Å². The van der Waals surface area contributed by atoms with Crippen LogP contribution in [0.15, 0.2) is 22.6 Å². The number of morpholine rings is 1. The predicted octanol–water partition coefficient (Wildman–Crippen LogP) is 3.16. The molecule has 2 aliphatic heterocycles. The smallest absolute Gasteiger partial charge is 0.287 e. The Hall–Kier alpha value is -1.89. The highest BCUT2D eigenvalue weighted by Gasteiger charge is 2.35. The first-order valence-corrected chi connectivity index (χ1v) is 10.8. The molecule has 1 amide bonds. The highest BCUT2D eigenvalue weighted by molar-refractivity contribution is 5.99. The summed E-state index contributed by atoms with van der Waals surface area (Å²) in [6, 6.07) is 6.16. The van der Waals surface area contributed by atoms with E-state index in [0.29, 0.717) is 12.3 Å². The van der Waals surface area contributed by atoms with E-state index >= 15 is 0 Å². The fourth-order valence-corrected chi connectivity index (χ4v) is 4.48. The average molecular weight is 401 g/mol. The van der Waals surface area contributed by atoms with Crippen LogP contribution in [0.1, 0.15) is 41.4 Å². The van der Waals surface area contributed by atoms with Gasteiger partial charge in [-0.3, -0.25) is 9.69 Å². The zero-order valence-corrected chi connectivity index (χ0v) is 17.6. The average Bonchev–Trinajstić information content (AvgIpc) is 3.09. The lowest BCUT2D eigenvalue weighted by molar-refractivity contribution is -0.0283. The highest BCUT2D eigenvalue weighted by atomic mass is 16.5. The van der Waals surface area contributed by atoms with Gasteiger partial charge >= 0.3 is 0 Å². The van der Waals surface area contributed by atoms with Crippen molar-refractivity contribution in [1.82, 2.24) is 10.2 Å². The van der Waals surface area contributed by atoms with Crippen LogP contribution in [0.5, 0.6) is 0 Å². The fraction of sp³-hybridized carbons (Fsp3) is 0.609. The van der Waals surface area contributed by atoms with E-state index in [-0.39, 0.29) is 11.3 Å². The van der Waals surface area contributed by atoms with Crippen molar-refractivity contribution >= 4 is 16.9 Å². The Morgan fingerprint density at radius 3 is 2.59 bits per heavy atom. The van der Waals surface area contributed by atoms with E-state index in [9.17, 15) is 4.79 Å². The van der Waals surface area contributed by atoms with Crippen molar-refractivity contribution in [1.29, 1.82) is 0 Å². The van der Waals surface area contributed by atoms with E-state index in [1.54, 1.807) is 0 Å². The molecule has 0 saturated carbocycles. The maximum absolute atomic E-state index is 13.0. The normalized spacial score (nSPS) is 20.1. The van der Waals surface area contributed by atoms with Crippen molar-refractivity contribution in [2.45, 2.75) is 33.1 Å². The number of carbonyl (C=O) groups excluding carboxylic acids is 1. The molecule has 0 radical (unpaired) electrons. The van der Waals surface area contributed by atoms with Crippen LogP contribution in [0, 0.1) is 12.3 Å². The van der Waals surface area contributed by atoms with Gasteiger partial charge in [0.2, 0.25) is 0 Å². The van der Waals surface area contributed by atoms with E-state index in [4.69, 9.17) is 13.9 Å². The maximum Gasteiger partial charge on any atom is 0.287 e. The topological polar surface area (TPSA) is 63.9 Å². The molecule has 0 aliphatic carbocycles. The van der Waals surface area contributed by atoms with Crippen LogP contribution in [-0.2, 0) is 15.9 Å². The molecule has 1 N–H and O–H groups in total. The number of hydrogen-bond donors (Lipinski definition) is 1. The number of furan rings is 1. The van der Waals surface area contributed by atoms with E-state index in [1.807, 2.05) is 13.0 Å². The molecule has 3 heterocycles. The minimum absolute atomic E-state index is 0.0422. The van der Waals surface area contributed by atoms with Gasteiger partial charge in [-0.05, 0) is 43.9 Å². The van der Waals surface area contributed by atoms with Crippen LogP contribution in [0.4, 0.5) is 0 Å². The number of ether oxygens (including phenoxy) is 2. The van der Waals surface area contributed by atoms with Crippen LogP contribution in [-0.4, -0.2) is 63.4 Å². The second-order valence-electron chi connectivity index (χ2n) is 8.42. The summed E-state index contributed by atoms with van der Waals surface area (Å²) in [5, 5.41) is 4.21. The summed E-state index contributed by atoms with van der Waals surface area (Å²) in [6.45, 7) is 10.7. The Labute approximate surface area is 172 Å². The number of nitrogens with one attached hydrogen (secondary N) is 1. The van der Waals surface area contributed by atoms with Crippen LogP contribution in [0.3, 0.4) is 0 Å². The SMILES string of the molecule is CCc1ccc2oc(C(=O)NCC3(CN4CCOCC4)CCOCC3)c(C)c2c1. The molecule has 2 aromatic rings. The Morgan fingerprint density at radius 2 is 1.86 bits per heavy atom. The summed E-state index contributed by atoms with van der Waals surface area (Å²) in [6.07, 6.45) is 2.89. The number of rotatable bonds is 6. The van der Waals surface area contributed by atoms with E-state index in [2.05, 4.69) is 29.3 Å². The van der Waals surface area contributed by atoms with Gasteiger partial charge in [-0.25, -0.2) is 0 Å². The lowest BCUT2D eigenvalue weighted by Gasteiger charge is -2.42. The lowest BCUT2D eigenvalue weighted by Crippen LogP contribution is -2.50. The summed E-state index contributed by atoms with van der Waals surface area (Å²) in [5.41, 5.74) is 2.99. The van der Waals surface area contributed by atoms with E-state index < -0.39 is 0 Å². The first-order chi connectivity index (χ1) is 14.1. The van der Waals surface area contributed by atoms with Crippen LogP contribution >= 0.6 is 0 Å². The number of fused-ring (bicyclic) bond motifs is 1. The maximum atomic E-state index is 13.0. The first kappa shape index (κ1) is 20.4. The molecule has 0 unspecified atom stereocenters. The molecule has 158 valence electrons. The molecule has 4 rings (SSSR count). The quantitative estimate of drug-likeness (QED) is 0.807. The molecule has 2 aliphatic rings. The van der Waals surface area contributed by atoms with Gasteiger partial charge in [-0.1, -0.05) is 13.0 Å². The van der Waals surface area contributed by atoms with E-state index in [1.165, 1.54) is 5.56 Å². The molecule has 6 nitrogen and oxygen atoms in total. The van der Waals surface area contributed by atoms with Gasteiger partial charge < -0.3 is 19.2 Å². The third-order valence-electron chi connectivity index (χ3n) is 6.46. The van der Waals surface area contributed by atoms with Gasteiger partial charge in [0.1, 0.15) is 5.58 Å². The standard InChI is InChI=1S/C23H32N2O4/c1-3-18-4-5-20-19(14-18)17(2)21(29-20)22(26)24-15-23(6-10-27-11-7-23)16-25-8-12-28-13-9-25/h4-5,14H,3,6-13,15-16H2,1-2H3,(H,24,26). The number of carbonyl (C=O) groups is 1. The Bertz CT molecular complexity index is 848. The molecule has 2 fully saturated rings. The number of aryl methyl sites for hydroxylation is 2. The molecular formula is C23H32N2O4. The first-order valence-electron chi connectivity index (χ1n) is 10.8. The summed E-state index contributed by atoms with van der Waals surface area (Å²) in [5.74, 6) is 0.312. The van der Waals surface area contributed by atoms with Crippen molar-refractivity contribution in [3.05, 3.63) is 35.1 Å². The number of nitrogens with zero attached hydrogens (tertiary/aromatic N) is 1. The lowest BCUT2D eigenvalue weighted by atomic mass is 9.79. The third kappa shape index (κ3) is 4.49. The second-order valence-corrected chi connectivity index (χ2v) is 8.42. The molecule has 0 atom stereocenters. The van der Waals surface area contributed by atoms with Gasteiger partial charge in [0.25, 0.3) is 5.91 Å². The molecule has 1 aromatic heterocycles. The predicted molar refractivity (Wildman–Crippen MR) is 112 cm³/mol. The summed E-state index contributed by atoms with van der Waals surface area (Å²) in [7, 11) is 0. The fourth-order valence-electron chi connectivity index (χ4n) is 4.48. The molecule has 6 heteroatoms. The summed E-state index contributed by atoms with van der Waals surface area (Å²) < 4.78 is 17.0. The Morgan fingerprint density at radius 1 is 1.14 bits per heavy atom. The molecule has 29 heavy (non-hydrogen) atoms. The number of amides is 1. The van der Waals surface area contributed by atoms with Crippen LogP contribution in [0.2, 0.25) is 0 Å². The summed E-state index contributed by atoms with van der Waals surface area (Å²) in [4.78, 5) is 15.5. The number of hydrogen-bond acceptors (Lipinski definition) is 5. The van der Waals surface area contributed by atoms with Crippen LogP contribution in [0.25, 0.3) is 11.0 Å². The minimum atomic E-state index is -0.121. The van der Waals surface area contributed by atoms with Gasteiger partial charge in [0, 0.05) is 55.8 Å². The van der Waals surface area contributed by atoms with Crippen molar-refractivity contribution < 1.29 is 18.7 Å². The molecule has 2 saturated heterocycles. The van der Waals surface area contributed by atoms with Gasteiger partial charge in [-0.2, -0.15) is 0 Å². The molecule has 0 spiro atoms. The zero-order chi connectivity index (χ0) is 20.3. The largest absolute Gasteiger partial charge is 0.451 e. The number of benzene rings is 1. The minimum Gasteiger partial charge on any atom is -0.451 e.